The highest BCUT2D eigenvalue weighted by Crippen LogP contribution is 2.23. The van der Waals surface area contributed by atoms with Crippen molar-refractivity contribution in [3.63, 3.8) is 0 Å². The molecule has 1 aliphatic heterocycles. The zero-order valence-corrected chi connectivity index (χ0v) is 13.0. The highest BCUT2D eigenvalue weighted by Gasteiger charge is 2.29. The minimum Gasteiger partial charge on any atom is -0.334 e. The Morgan fingerprint density at radius 1 is 1.42 bits per heavy atom. The van der Waals surface area contributed by atoms with Crippen LogP contribution in [0.2, 0.25) is 0 Å². The van der Waals surface area contributed by atoms with E-state index < -0.39 is 11.6 Å². The van der Waals surface area contributed by atoms with Gasteiger partial charge in [0.15, 0.2) is 11.6 Å². The number of hydrogen-bond acceptors (Lipinski definition) is 2. The second-order valence-corrected chi connectivity index (χ2v) is 5.44. The van der Waals surface area contributed by atoms with E-state index in [-0.39, 0.29) is 29.9 Å². The van der Waals surface area contributed by atoms with Crippen molar-refractivity contribution >= 4 is 40.9 Å². The summed E-state index contributed by atoms with van der Waals surface area (Å²) < 4.78 is 26.6. The maximum absolute atomic E-state index is 13.2. The molecule has 1 amide bonds. The minimum atomic E-state index is -0.998. The topological polar surface area (TPSA) is 46.3 Å². The minimum absolute atomic E-state index is 0. The summed E-state index contributed by atoms with van der Waals surface area (Å²) in [5, 5.41) is 0. The summed E-state index contributed by atoms with van der Waals surface area (Å²) in [4.78, 5) is 13.9. The molecule has 1 atom stereocenters. The van der Waals surface area contributed by atoms with Crippen molar-refractivity contribution in [2.45, 2.75) is 18.9 Å². The molecule has 0 aliphatic carbocycles. The number of rotatable bonds is 2. The van der Waals surface area contributed by atoms with Gasteiger partial charge < -0.3 is 10.6 Å². The van der Waals surface area contributed by atoms with Gasteiger partial charge in [-0.15, -0.1) is 12.4 Å². The van der Waals surface area contributed by atoms with E-state index in [1.807, 2.05) is 22.6 Å². The molecule has 0 aromatic heterocycles. The molecule has 1 aliphatic rings. The van der Waals surface area contributed by atoms with E-state index >= 15 is 0 Å². The van der Waals surface area contributed by atoms with Crippen LogP contribution in [0.4, 0.5) is 8.78 Å². The lowest BCUT2D eigenvalue weighted by molar-refractivity contribution is 0.0739. The highest BCUT2D eigenvalue weighted by molar-refractivity contribution is 14.1. The monoisotopic (exact) mass is 402 g/mol. The highest BCUT2D eigenvalue weighted by atomic mass is 127. The maximum atomic E-state index is 13.2. The van der Waals surface area contributed by atoms with Gasteiger partial charge in [-0.2, -0.15) is 0 Å². The molecule has 0 saturated carbocycles. The molecule has 1 aromatic carbocycles. The van der Waals surface area contributed by atoms with Crippen molar-refractivity contribution in [2.24, 2.45) is 5.73 Å². The van der Waals surface area contributed by atoms with Crippen LogP contribution in [0.1, 0.15) is 23.2 Å². The quantitative estimate of drug-likeness (QED) is 0.610. The van der Waals surface area contributed by atoms with E-state index in [1.165, 1.54) is 0 Å². The van der Waals surface area contributed by atoms with Crippen LogP contribution in [0, 0.1) is 15.2 Å². The Hall–Kier alpha value is -0.470. The zero-order chi connectivity index (χ0) is 13.3. The van der Waals surface area contributed by atoms with Crippen LogP contribution in [0.25, 0.3) is 0 Å². The summed E-state index contributed by atoms with van der Waals surface area (Å²) in [6.45, 7) is 1.02. The van der Waals surface area contributed by atoms with Gasteiger partial charge in [0.25, 0.3) is 5.91 Å². The molecular formula is C12H14ClF2IN2O. The van der Waals surface area contributed by atoms with E-state index in [2.05, 4.69) is 0 Å². The standard InChI is InChI=1S/C12H13F2IN2O.ClH/c13-9-4-8(11(15)5-10(9)14)12(18)17-3-1-2-7(17)6-16;/h4-5,7H,1-3,6,16H2;1H. The molecule has 0 spiro atoms. The number of carbonyl (C=O) groups excluding carboxylic acids is 1. The van der Waals surface area contributed by atoms with E-state index in [9.17, 15) is 13.6 Å². The van der Waals surface area contributed by atoms with Gasteiger partial charge in [-0.1, -0.05) is 0 Å². The van der Waals surface area contributed by atoms with Crippen LogP contribution in [-0.4, -0.2) is 29.9 Å². The fraction of sp³-hybridized carbons (Fsp3) is 0.417. The maximum Gasteiger partial charge on any atom is 0.255 e. The van der Waals surface area contributed by atoms with Crippen molar-refractivity contribution in [2.75, 3.05) is 13.1 Å². The molecule has 1 fully saturated rings. The lowest BCUT2D eigenvalue weighted by atomic mass is 10.1. The van der Waals surface area contributed by atoms with Gasteiger partial charge in [0.2, 0.25) is 0 Å². The molecule has 19 heavy (non-hydrogen) atoms. The van der Waals surface area contributed by atoms with Crippen molar-refractivity contribution in [3.05, 3.63) is 32.9 Å². The van der Waals surface area contributed by atoms with E-state index in [0.29, 0.717) is 16.7 Å². The molecular weight excluding hydrogens is 388 g/mol. The molecule has 1 aromatic rings. The van der Waals surface area contributed by atoms with Gasteiger partial charge in [-0.25, -0.2) is 8.78 Å². The Balaban J connectivity index is 0.00000180. The fourth-order valence-corrected chi connectivity index (χ4v) is 2.85. The third-order valence-electron chi connectivity index (χ3n) is 3.15. The Morgan fingerprint density at radius 3 is 2.68 bits per heavy atom. The summed E-state index contributed by atoms with van der Waals surface area (Å²) in [6.07, 6.45) is 1.76. The Kier molecular flexibility index (Phi) is 5.94. The molecule has 0 radical (unpaired) electrons. The lowest BCUT2D eigenvalue weighted by Gasteiger charge is -2.24. The van der Waals surface area contributed by atoms with Crippen LogP contribution in [0.5, 0.6) is 0 Å². The lowest BCUT2D eigenvalue weighted by Crippen LogP contribution is -2.40. The predicted molar refractivity (Wildman–Crippen MR) is 79.4 cm³/mol. The van der Waals surface area contributed by atoms with Gasteiger partial charge in [-0.3, -0.25) is 4.79 Å². The zero-order valence-electron chi connectivity index (χ0n) is 10.0. The van der Waals surface area contributed by atoms with Crippen molar-refractivity contribution in [1.29, 1.82) is 0 Å². The predicted octanol–water partition coefficient (Wildman–Crippen LogP) is 2.55. The van der Waals surface area contributed by atoms with Crippen LogP contribution in [0.15, 0.2) is 12.1 Å². The molecule has 1 saturated heterocycles. The molecule has 3 nitrogen and oxygen atoms in total. The number of nitrogens with two attached hydrogens (primary N) is 1. The number of benzene rings is 1. The second kappa shape index (κ2) is 6.81. The number of carbonyl (C=O) groups is 1. The molecule has 1 unspecified atom stereocenters. The second-order valence-electron chi connectivity index (χ2n) is 4.28. The average molecular weight is 403 g/mol. The van der Waals surface area contributed by atoms with Crippen LogP contribution < -0.4 is 5.73 Å². The summed E-state index contributed by atoms with van der Waals surface area (Å²) in [5.74, 6) is -2.21. The molecule has 7 heteroatoms. The molecule has 0 bridgehead atoms. The Morgan fingerprint density at radius 2 is 2.05 bits per heavy atom. The van der Waals surface area contributed by atoms with Crippen LogP contribution in [-0.2, 0) is 0 Å². The van der Waals surface area contributed by atoms with Gasteiger partial charge in [0.1, 0.15) is 0 Å². The van der Waals surface area contributed by atoms with Crippen LogP contribution in [0.3, 0.4) is 0 Å². The summed E-state index contributed by atoms with van der Waals surface area (Å²) in [5.41, 5.74) is 5.81. The number of amides is 1. The number of hydrogen-bond donors (Lipinski definition) is 1. The average Bonchev–Trinajstić information content (AvgIpc) is 2.81. The van der Waals surface area contributed by atoms with E-state index in [1.54, 1.807) is 4.90 Å². The van der Waals surface area contributed by atoms with Gasteiger partial charge in [-0.05, 0) is 47.6 Å². The Labute approximate surface area is 130 Å². The van der Waals surface area contributed by atoms with E-state index in [0.717, 1.165) is 25.0 Å². The fourth-order valence-electron chi connectivity index (χ4n) is 2.19. The van der Waals surface area contributed by atoms with Crippen molar-refractivity contribution in [1.82, 2.24) is 4.90 Å². The third kappa shape index (κ3) is 3.35. The number of likely N-dealkylation sites (tertiary alicyclic amines) is 1. The first-order valence-corrected chi connectivity index (χ1v) is 6.78. The summed E-state index contributed by atoms with van der Waals surface area (Å²) >= 11 is 1.84. The number of nitrogens with zero attached hydrogens (tertiary/aromatic N) is 1. The first-order valence-electron chi connectivity index (χ1n) is 5.70. The molecule has 2 rings (SSSR count). The largest absolute Gasteiger partial charge is 0.334 e. The van der Waals surface area contributed by atoms with Gasteiger partial charge in [0.05, 0.1) is 5.56 Å². The van der Waals surface area contributed by atoms with Gasteiger partial charge in [0, 0.05) is 22.7 Å². The van der Waals surface area contributed by atoms with Crippen molar-refractivity contribution in [3.8, 4) is 0 Å². The molecule has 2 N–H and O–H groups in total. The molecule has 1 heterocycles. The normalized spacial score (nSPS) is 18.3. The Bertz CT molecular complexity index is 487. The first kappa shape index (κ1) is 16.6. The summed E-state index contributed by atoms with van der Waals surface area (Å²) in [6, 6.07) is 2.00. The SMILES string of the molecule is Cl.NCC1CCCN1C(=O)c1cc(F)c(F)cc1I. The number of halogens is 4. The van der Waals surface area contributed by atoms with Crippen LogP contribution >= 0.6 is 35.0 Å². The molecule has 106 valence electrons. The third-order valence-corrected chi connectivity index (χ3v) is 4.04. The van der Waals surface area contributed by atoms with E-state index in [4.69, 9.17) is 5.73 Å². The summed E-state index contributed by atoms with van der Waals surface area (Å²) in [7, 11) is 0. The smallest absolute Gasteiger partial charge is 0.255 e. The van der Waals surface area contributed by atoms with Crippen molar-refractivity contribution < 1.29 is 13.6 Å². The van der Waals surface area contributed by atoms with Gasteiger partial charge >= 0.3 is 0 Å². The first-order chi connectivity index (χ1) is 8.54.